The number of pyridine rings is 2. The van der Waals surface area contributed by atoms with Crippen molar-refractivity contribution in [3.8, 4) is 0 Å². The molecule has 0 aliphatic heterocycles. The molecular formula is C38H54N4O6S2. The van der Waals surface area contributed by atoms with E-state index in [9.17, 15) is 0 Å². The maximum atomic E-state index is 9.08. The van der Waals surface area contributed by atoms with Gasteiger partial charge in [0.15, 0.2) is 24.8 Å². The van der Waals surface area contributed by atoms with Crippen molar-refractivity contribution in [2.75, 3.05) is 50.5 Å². The Balaban J connectivity index is 0.000000761. The lowest BCUT2D eigenvalue weighted by Crippen LogP contribution is -2.33. The molecule has 274 valence electrons. The summed E-state index contributed by atoms with van der Waals surface area (Å²) in [6, 6.07) is 27.0. The fraction of sp³-hybridized carbons (Fsp3) is 0.421. The normalized spacial score (nSPS) is 11.1. The number of hydrogen-bond acceptors (Lipinski definition) is 8. The Labute approximate surface area is 300 Å². The van der Waals surface area contributed by atoms with Gasteiger partial charge in [0.2, 0.25) is 0 Å². The van der Waals surface area contributed by atoms with Crippen LogP contribution in [-0.2, 0) is 59.0 Å². The first-order valence-corrected chi connectivity index (χ1v) is 20.4. The van der Waals surface area contributed by atoms with Gasteiger partial charge in [0.05, 0.1) is 20.2 Å². The number of aryl methyl sites for hydroxylation is 6. The van der Waals surface area contributed by atoms with E-state index >= 15 is 0 Å². The van der Waals surface area contributed by atoms with Crippen molar-refractivity contribution >= 4 is 31.6 Å². The number of benzene rings is 2. The van der Waals surface area contributed by atoms with Crippen LogP contribution in [0.15, 0.2) is 97.6 Å². The van der Waals surface area contributed by atoms with Gasteiger partial charge in [-0.25, -0.2) is 26.0 Å². The molecule has 2 heterocycles. The molecule has 0 amide bonds. The maximum Gasteiger partial charge on any atom is 0.169 e. The van der Waals surface area contributed by atoms with Gasteiger partial charge in [-0.1, -0.05) is 24.3 Å². The summed E-state index contributed by atoms with van der Waals surface area (Å²) in [4.78, 5) is 4.29. The molecule has 0 bridgehead atoms. The highest BCUT2D eigenvalue weighted by Crippen LogP contribution is 2.15. The second-order valence-electron chi connectivity index (χ2n) is 12.8. The molecule has 0 aliphatic rings. The third kappa shape index (κ3) is 20.6. The molecule has 0 saturated heterocycles. The van der Waals surface area contributed by atoms with Gasteiger partial charge in [-0.2, -0.15) is 0 Å². The molecular weight excluding hydrogens is 673 g/mol. The topological polar surface area (TPSA) is 129 Å². The van der Waals surface area contributed by atoms with E-state index < -0.39 is 20.2 Å². The Kier molecular flexibility index (Phi) is 18.1. The van der Waals surface area contributed by atoms with E-state index in [1.807, 2.05) is 0 Å². The van der Waals surface area contributed by atoms with E-state index in [-0.39, 0.29) is 0 Å². The Bertz CT molecular complexity index is 1600. The van der Waals surface area contributed by atoms with Crippen LogP contribution in [0.5, 0.6) is 0 Å². The van der Waals surface area contributed by atoms with Gasteiger partial charge in [0, 0.05) is 89.2 Å². The van der Waals surface area contributed by atoms with Crippen molar-refractivity contribution in [2.45, 2.75) is 64.5 Å². The minimum atomic E-state index is -3.92. The molecule has 0 spiro atoms. The van der Waals surface area contributed by atoms with Crippen LogP contribution in [0.25, 0.3) is 0 Å². The van der Waals surface area contributed by atoms with Crippen LogP contribution in [0.2, 0.25) is 0 Å². The van der Waals surface area contributed by atoms with E-state index in [0.29, 0.717) is 12.5 Å². The van der Waals surface area contributed by atoms with Gasteiger partial charge in [-0.05, 0) is 85.0 Å². The SMILES string of the molecule is CN(C)c1ccc(CCc2cc[n+](CCCCCC[n+]3ccc(CCc4ccc(N(C)C)cc4)cc3)cc2)cc1.CS(=O)(=O)[O-].CS(=O)(=O)[O-]. The molecule has 2 aromatic carbocycles. The minimum Gasteiger partial charge on any atom is -0.748 e. The molecule has 0 atom stereocenters. The summed E-state index contributed by atoms with van der Waals surface area (Å²) in [6.45, 7) is 2.21. The predicted molar refractivity (Wildman–Crippen MR) is 199 cm³/mol. The average molecular weight is 727 g/mol. The first-order chi connectivity index (χ1) is 23.5. The van der Waals surface area contributed by atoms with E-state index in [1.165, 1.54) is 59.3 Å². The highest BCUT2D eigenvalue weighted by molar-refractivity contribution is 7.85. The van der Waals surface area contributed by atoms with E-state index in [1.54, 1.807) is 0 Å². The zero-order valence-corrected chi connectivity index (χ0v) is 32.0. The highest BCUT2D eigenvalue weighted by atomic mass is 32.2. The van der Waals surface area contributed by atoms with Crippen molar-refractivity contribution in [1.29, 1.82) is 0 Å². The van der Waals surface area contributed by atoms with Crippen LogP contribution < -0.4 is 18.9 Å². The molecule has 0 unspecified atom stereocenters. The molecule has 0 N–H and O–H groups in total. The summed E-state index contributed by atoms with van der Waals surface area (Å²) in [5.74, 6) is 0. The summed E-state index contributed by atoms with van der Waals surface area (Å²) in [5.41, 5.74) is 8.14. The van der Waals surface area contributed by atoms with E-state index in [0.717, 1.165) is 38.8 Å². The Morgan fingerprint density at radius 1 is 0.460 bits per heavy atom. The first kappa shape index (κ1) is 42.3. The average Bonchev–Trinajstić information content (AvgIpc) is 3.04. The lowest BCUT2D eigenvalue weighted by atomic mass is 10.0. The van der Waals surface area contributed by atoms with Crippen molar-refractivity contribution in [3.05, 3.63) is 120 Å². The third-order valence-electron chi connectivity index (χ3n) is 7.81. The molecule has 0 fully saturated rings. The lowest BCUT2D eigenvalue weighted by Gasteiger charge is -2.12. The van der Waals surface area contributed by atoms with Gasteiger partial charge < -0.3 is 18.9 Å². The number of rotatable bonds is 15. The standard InChI is InChI=1S/C36H48N4.2CH4O3S/c1-37(2)35-17-13-31(14-18-35)9-11-33-21-27-39(28-22-33)25-7-5-6-8-26-40-29-23-34(24-30-40)12-10-32-15-19-36(20-16-32)38(3)4;2*1-5(2,3)4/h13-24,27-30H,5-12,25-26H2,1-4H3;2*1H3,(H,2,3,4)/q+2;;/p-2. The van der Waals surface area contributed by atoms with E-state index in [4.69, 9.17) is 25.9 Å². The molecule has 10 nitrogen and oxygen atoms in total. The smallest absolute Gasteiger partial charge is 0.169 e. The van der Waals surface area contributed by atoms with Gasteiger partial charge in [-0.3, -0.25) is 0 Å². The summed E-state index contributed by atoms with van der Waals surface area (Å²) in [5, 5.41) is 0. The predicted octanol–water partition coefficient (Wildman–Crippen LogP) is 4.55. The molecule has 12 heteroatoms. The molecule has 4 aromatic rings. The fourth-order valence-corrected chi connectivity index (χ4v) is 5.05. The van der Waals surface area contributed by atoms with Crippen LogP contribution >= 0.6 is 0 Å². The molecule has 2 aromatic heterocycles. The van der Waals surface area contributed by atoms with Crippen LogP contribution in [0.4, 0.5) is 11.4 Å². The van der Waals surface area contributed by atoms with Gasteiger partial charge in [-0.15, -0.1) is 0 Å². The second-order valence-corrected chi connectivity index (χ2v) is 15.6. The van der Waals surface area contributed by atoms with Crippen molar-refractivity contribution < 1.29 is 35.1 Å². The zero-order valence-electron chi connectivity index (χ0n) is 30.4. The number of nitrogens with zero attached hydrogens (tertiary/aromatic N) is 4. The van der Waals surface area contributed by atoms with Gasteiger partial charge >= 0.3 is 0 Å². The van der Waals surface area contributed by atoms with Crippen LogP contribution in [0, 0.1) is 0 Å². The van der Waals surface area contributed by atoms with Crippen molar-refractivity contribution in [3.63, 3.8) is 0 Å². The van der Waals surface area contributed by atoms with E-state index in [2.05, 4.69) is 145 Å². The van der Waals surface area contributed by atoms with Crippen LogP contribution in [0.3, 0.4) is 0 Å². The Morgan fingerprint density at radius 2 is 0.700 bits per heavy atom. The molecule has 0 saturated carbocycles. The van der Waals surface area contributed by atoms with Gasteiger partial charge in [0.25, 0.3) is 0 Å². The number of unbranched alkanes of at least 4 members (excludes halogenated alkanes) is 3. The quantitative estimate of drug-likeness (QED) is 0.0993. The van der Waals surface area contributed by atoms with Crippen LogP contribution in [-0.4, -0.2) is 66.6 Å². The highest BCUT2D eigenvalue weighted by Gasteiger charge is 2.05. The molecule has 0 aliphatic carbocycles. The summed E-state index contributed by atoms with van der Waals surface area (Å²) >= 11 is 0. The minimum absolute atomic E-state index is 0.604. The second kappa shape index (κ2) is 21.4. The monoisotopic (exact) mass is 726 g/mol. The van der Waals surface area contributed by atoms with Crippen molar-refractivity contribution in [2.24, 2.45) is 0 Å². The fourth-order valence-electron chi connectivity index (χ4n) is 5.05. The number of aromatic nitrogens is 2. The Morgan fingerprint density at radius 3 is 0.940 bits per heavy atom. The zero-order chi connectivity index (χ0) is 37.2. The summed E-state index contributed by atoms with van der Waals surface area (Å²) in [7, 11) is 0.506. The van der Waals surface area contributed by atoms with Crippen LogP contribution in [0.1, 0.15) is 47.9 Å². The molecule has 4 rings (SSSR count). The van der Waals surface area contributed by atoms with Crippen molar-refractivity contribution in [1.82, 2.24) is 0 Å². The molecule has 0 radical (unpaired) electrons. The first-order valence-electron chi connectivity index (χ1n) is 16.8. The third-order valence-corrected chi connectivity index (χ3v) is 7.81. The number of anilines is 2. The number of hydrogen-bond donors (Lipinski definition) is 0. The molecule has 50 heavy (non-hydrogen) atoms. The summed E-state index contributed by atoms with van der Waals surface area (Å²) < 4.78 is 59.1. The van der Waals surface area contributed by atoms with Gasteiger partial charge in [0.1, 0.15) is 13.1 Å². The Hall–Kier alpha value is -3.84. The largest absolute Gasteiger partial charge is 0.748 e. The summed E-state index contributed by atoms with van der Waals surface area (Å²) in [6.07, 6.45) is 19.6. The lowest BCUT2D eigenvalue weighted by molar-refractivity contribution is -0.698. The maximum absolute atomic E-state index is 9.08.